The maximum Gasteiger partial charge on any atom is 0.253 e. The normalized spacial score (nSPS) is 11.6. The van der Waals surface area contributed by atoms with Gasteiger partial charge in [0.25, 0.3) is 5.91 Å². The fourth-order valence-electron chi connectivity index (χ4n) is 2.46. The number of rotatable bonds is 7. The lowest BCUT2D eigenvalue weighted by atomic mass is 10.1. The zero-order chi connectivity index (χ0) is 18.4. The quantitative estimate of drug-likeness (QED) is 0.835. The van der Waals surface area contributed by atoms with Gasteiger partial charge in [-0.2, -0.15) is 0 Å². The van der Waals surface area contributed by atoms with E-state index in [1.54, 1.807) is 56.6 Å². The van der Waals surface area contributed by atoms with Crippen molar-refractivity contribution in [1.29, 1.82) is 0 Å². The highest BCUT2D eigenvalue weighted by Gasteiger charge is 2.18. The highest BCUT2D eigenvalue weighted by molar-refractivity contribution is 5.94. The molecular weight excluding hydrogens is 322 g/mol. The van der Waals surface area contributed by atoms with Crippen LogP contribution in [0.1, 0.15) is 22.0 Å². The van der Waals surface area contributed by atoms with E-state index < -0.39 is 6.10 Å². The Labute approximate surface area is 147 Å². The number of carbonyl (C=O) groups is 1. The van der Waals surface area contributed by atoms with Crippen molar-refractivity contribution in [2.45, 2.75) is 6.10 Å². The molecule has 1 atom stereocenters. The minimum Gasteiger partial charge on any atom is -0.497 e. The van der Waals surface area contributed by atoms with E-state index in [0.717, 1.165) is 0 Å². The van der Waals surface area contributed by atoms with E-state index >= 15 is 0 Å². The summed E-state index contributed by atoms with van der Waals surface area (Å²) >= 11 is 0. The van der Waals surface area contributed by atoms with Crippen molar-refractivity contribution in [3.8, 4) is 17.2 Å². The SMILES string of the molecule is COc1ccc(C(O)CN(C)C(=O)c2ccc(OC)c(OC)c2)cc1. The Balaban J connectivity index is 2.08. The smallest absolute Gasteiger partial charge is 0.253 e. The van der Waals surface area contributed by atoms with Gasteiger partial charge < -0.3 is 24.2 Å². The monoisotopic (exact) mass is 345 g/mol. The van der Waals surface area contributed by atoms with E-state index in [1.807, 2.05) is 0 Å². The molecule has 2 rings (SSSR count). The van der Waals surface area contributed by atoms with Crippen molar-refractivity contribution in [2.75, 3.05) is 34.9 Å². The number of likely N-dealkylation sites (N-methyl/N-ethyl adjacent to an activating group) is 1. The number of nitrogens with zero attached hydrogens (tertiary/aromatic N) is 1. The van der Waals surface area contributed by atoms with Crippen LogP contribution in [-0.2, 0) is 0 Å². The van der Waals surface area contributed by atoms with Crippen LogP contribution in [0, 0.1) is 0 Å². The number of benzene rings is 2. The fourth-order valence-corrected chi connectivity index (χ4v) is 2.46. The van der Waals surface area contributed by atoms with Gasteiger partial charge in [0.2, 0.25) is 0 Å². The van der Waals surface area contributed by atoms with Crippen LogP contribution in [0.15, 0.2) is 42.5 Å². The Morgan fingerprint density at radius 2 is 1.64 bits per heavy atom. The van der Waals surface area contributed by atoms with E-state index in [4.69, 9.17) is 14.2 Å². The van der Waals surface area contributed by atoms with Crippen LogP contribution in [0.4, 0.5) is 0 Å². The molecule has 6 heteroatoms. The molecule has 25 heavy (non-hydrogen) atoms. The van der Waals surface area contributed by atoms with E-state index in [0.29, 0.717) is 28.4 Å². The maximum absolute atomic E-state index is 12.6. The highest BCUT2D eigenvalue weighted by atomic mass is 16.5. The van der Waals surface area contributed by atoms with E-state index in [1.165, 1.54) is 19.1 Å². The number of methoxy groups -OCH3 is 3. The molecule has 0 aliphatic heterocycles. The van der Waals surface area contributed by atoms with Crippen LogP contribution >= 0.6 is 0 Å². The van der Waals surface area contributed by atoms with Gasteiger partial charge in [-0.15, -0.1) is 0 Å². The largest absolute Gasteiger partial charge is 0.497 e. The van der Waals surface area contributed by atoms with Gasteiger partial charge in [0.05, 0.1) is 34.0 Å². The van der Waals surface area contributed by atoms with E-state index in [2.05, 4.69) is 0 Å². The number of aliphatic hydroxyl groups excluding tert-OH is 1. The number of hydrogen-bond donors (Lipinski definition) is 1. The molecule has 0 spiro atoms. The molecule has 0 aromatic heterocycles. The van der Waals surface area contributed by atoms with Crippen LogP contribution in [0.25, 0.3) is 0 Å². The van der Waals surface area contributed by atoms with Crippen LogP contribution < -0.4 is 14.2 Å². The molecule has 2 aromatic carbocycles. The van der Waals surface area contributed by atoms with Crippen LogP contribution in [0.3, 0.4) is 0 Å². The number of hydrogen-bond acceptors (Lipinski definition) is 5. The zero-order valence-electron chi connectivity index (χ0n) is 14.9. The van der Waals surface area contributed by atoms with E-state index in [9.17, 15) is 9.90 Å². The summed E-state index contributed by atoms with van der Waals surface area (Å²) in [4.78, 5) is 14.0. The van der Waals surface area contributed by atoms with Crippen molar-refractivity contribution in [2.24, 2.45) is 0 Å². The Morgan fingerprint density at radius 3 is 2.20 bits per heavy atom. The molecule has 0 radical (unpaired) electrons. The molecule has 0 heterocycles. The van der Waals surface area contributed by atoms with Crippen molar-refractivity contribution in [1.82, 2.24) is 4.90 Å². The minimum absolute atomic E-state index is 0.166. The third kappa shape index (κ3) is 4.42. The molecule has 1 amide bonds. The van der Waals surface area contributed by atoms with Crippen LogP contribution in [0.5, 0.6) is 17.2 Å². The number of ether oxygens (including phenoxy) is 3. The second kappa shape index (κ2) is 8.39. The van der Waals surface area contributed by atoms with Crippen LogP contribution in [-0.4, -0.2) is 50.8 Å². The summed E-state index contributed by atoms with van der Waals surface area (Å²) in [7, 11) is 6.28. The van der Waals surface area contributed by atoms with Crippen molar-refractivity contribution in [3.05, 3.63) is 53.6 Å². The van der Waals surface area contributed by atoms with Gasteiger partial charge in [0, 0.05) is 12.6 Å². The average Bonchev–Trinajstić information content (AvgIpc) is 2.66. The second-order valence-electron chi connectivity index (χ2n) is 5.54. The standard InChI is InChI=1S/C19H23NO5/c1-20(12-16(21)13-5-8-15(23-2)9-6-13)19(22)14-7-10-17(24-3)18(11-14)25-4/h5-11,16,21H,12H2,1-4H3. The maximum atomic E-state index is 12.6. The molecule has 0 saturated heterocycles. The summed E-state index contributed by atoms with van der Waals surface area (Å²) in [6, 6.07) is 12.1. The zero-order valence-corrected chi connectivity index (χ0v) is 14.9. The Hall–Kier alpha value is -2.73. The molecule has 134 valence electrons. The summed E-state index contributed by atoms with van der Waals surface area (Å²) < 4.78 is 15.5. The molecule has 1 N–H and O–H groups in total. The molecule has 6 nitrogen and oxygen atoms in total. The average molecular weight is 345 g/mol. The second-order valence-corrected chi connectivity index (χ2v) is 5.54. The predicted octanol–water partition coefficient (Wildman–Crippen LogP) is 2.52. The van der Waals surface area contributed by atoms with Gasteiger partial charge in [0.15, 0.2) is 11.5 Å². The van der Waals surface area contributed by atoms with Gasteiger partial charge in [-0.1, -0.05) is 12.1 Å². The third-order valence-corrected chi connectivity index (χ3v) is 3.92. The first-order valence-corrected chi connectivity index (χ1v) is 7.79. The lowest BCUT2D eigenvalue weighted by Crippen LogP contribution is -2.31. The molecule has 2 aromatic rings. The van der Waals surface area contributed by atoms with Crippen LogP contribution in [0.2, 0.25) is 0 Å². The lowest BCUT2D eigenvalue weighted by Gasteiger charge is -2.22. The molecule has 0 bridgehead atoms. The first kappa shape index (κ1) is 18.6. The lowest BCUT2D eigenvalue weighted by molar-refractivity contribution is 0.0680. The molecule has 0 aliphatic carbocycles. The van der Waals surface area contributed by atoms with Crippen molar-refractivity contribution >= 4 is 5.91 Å². The van der Waals surface area contributed by atoms with Crippen molar-refractivity contribution < 1.29 is 24.1 Å². The van der Waals surface area contributed by atoms with Gasteiger partial charge in [0.1, 0.15) is 5.75 Å². The number of amides is 1. The summed E-state index contributed by atoms with van der Waals surface area (Å²) in [5.74, 6) is 1.54. The Morgan fingerprint density at radius 1 is 1.00 bits per heavy atom. The fraction of sp³-hybridized carbons (Fsp3) is 0.316. The molecule has 0 aliphatic rings. The third-order valence-electron chi connectivity index (χ3n) is 3.92. The molecular formula is C19H23NO5. The minimum atomic E-state index is -0.792. The molecule has 0 saturated carbocycles. The molecule has 0 fully saturated rings. The molecule has 1 unspecified atom stereocenters. The first-order chi connectivity index (χ1) is 12.0. The van der Waals surface area contributed by atoms with Gasteiger partial charge in [-0.3, -0.25) is 4.79 Å². The van der Waals surface area contributed by atoms with Crippen molar-refractivity contribution in [3.63, 3.8) is 0 Å². The summed E-state index contributed by atoms with van der Waals surface area (Å²) in [6.45, 7) is 0.166. The first-order valence-electron chi connectivity index (χ1n) is 7.79. The summed E-state index contributed by atoms with van der Waals surface area (Å²) in [6.07, 6.45) is -0.792. The Bertz CT molecular complexity index is 714. The number of carbonyl (C=O) groups excluding carboxylic acids is 1. The van der Waals surface area contributed by atoms with E-state index in [-0.39, 0.29) is 12.5 Å². The Kier molecular flexibility index (Phi) is 6.25. The van der Waals surface area contributed by atoms with Gasteiger partial charge in [-0.25, -0.2) is 0 Å². The number of aliphatic hydroxyl groups is 1. The summed E-state index contributed by atoms with van der Waals surface area (Å²) in [5.41, 5.74) is 1.18. The highest BCUT2D eigenvalue weighted by Crippen LogP contribution is 2.28. The summed E-state index contributed by atoms with van der Waals surface area (Å²) in [5, 5.41) is 10.4. The topological polar surface area (TPSA) is 68.2 Å². The van der Waals surface area contributed by atoms with Gasteiger partial charge >= 0.3 is 0 Å². The van der Waals surface area contributed by atoms with Gasteiger partial charge in [-0.05, 0) is 35.9 Å². The predicted molar refractivity (Wildman–Crippen MR) is 94.5 cm³/mol.